The molecule has 0 radical (unpaired) electrons. The van der Waals surface area contributed by atoms with Crippen LogP contribution in [0.3, 0.4) is 0 Å². The number of aromatic nitrogens is 2. The van der Waals surface area contributed by atoms with E-state index in [1.54, 1.807) is 18.1 Å². The summed E-state index contributed by atoms with van der Waals surface area (Å²) < 4.78 is 5.16. The van der Waals surface area contributed by atoms with Crippen molar-refractivity contribution in [2.45, 2.75) is 12.8 Å². The highest BCUT2D eigenvalue weighted by Crippen LogP contribution is 2.34. The van der Waals surface area contributed by atoms with E-state index in [4.69, 9.17) is 4.74 Å². The number of amides is 1. The molecule has 1 aliphatic heterocycles. The Morgan fingerprint density at radius 2 is 1.96 bits per heavy atom. The molecule has 1 aromatic heterocycles. The van der Waals surface area contributed by atoms with Gasteiger partial charge in [0.25, 0.3) is 5.91 Å². The van der Waals surface area contributed by atoms with E-state index in [0.717, 1.165) is 35.3 Å². The van der Waals surface area contributed by atoms with Crippen LogP contribution in [-0.4, -0.2) is 39.7 Å². The topological polar surface area (TPSA) is 95.8 Å². The first kappa shape index (κ1) is 17.8. The van der Waals surface area contributed by atoms with Gasteiger partial charge in [0.2, 0.25) is 5.88 Å². The van der Waals surface area contributed by atoms with Crippen molar-refractivity contribution in [1.29, 1.82) is 0 Å². The van der Waals surface area contributed by atoms with E-state index in [1.807, 2.05) is 18.2 Å². The van der Waals surface area contributed by atoms with Gasteiger partial charge in [-0.2, -0.15) is 0 Å². The first-order chi connectivity index (χ1) is 13.6. The summed E-state index contributed by atoms with van der Waals surface area (Å²) in [5, 5.41) is 19.5. The normalized spacial score (nSPS) is 13.1. The summed E-state index contributed by atoms with van der Waals surface area (Å²) >= 11 is 0. The van der Waals surface area contributed by atoms with Crippen LogP contribution in [0.15, 0.2) is 48.8 Å². The maximum atomic E-state index is 13.0. The number of carbonyl (C=O) groups excluding carboxylic acids is 1. The number of carbonyl (C=O) groups is 1. The third-order valence-electron chi connectivity index (χ3n) is 4.80. The standard InChI is InChI=1S/C21H19N3O4/c1-28-20-11-17(22-12-23-20)13-4-7-18-14(9-13)3-2-8-24(18)21(27)16-6-5-15(25)10-19(16)26/h4-7,9-12,25-26H,2-3,8H2,1H3. The number of rotatable bonds is 3. The van der Waals surface area contributed by atoms with Crippen molar-refractivity contribution >= 4 is 11.6 Å². The van der Waals surface area contributed by atoms with Crippen LogP contribution in [0, 0.1) is 0 Å². The summed E-state index contributed by atoms with van der Waals surface area (Å²) in [6.07, 6.45) is 3.11. The highest BCUT2D eigenvalue weighted by molar-refractivity contribution is 6.08. The van der Waals surface area contributed by atoms with Crippen molar-refractivity contribution < 1.29 is 19.7 Å². The number of aryl methyl sites for hydroxylation is 1. The van der Waals surface area contributed by atoms with Crippen LogP contribution in [0.2, 0.25) is 0 Å². The van der Waals surface area contributed by atoms with Crippen LogP contribution in [0.5, 0.6) is 17.4 Å². The molecule has 0 saturated carbocycles. The Morgan fingerprint density at radius 3 is 2.75 bits per heavy atom. The number of methoxy groups -OCH3 is 1. The molecule has 2 N–H and O–H groups in total. The quantitative estimate of drug-likeness (QED) is 0.728. The predicted octanol–water partition coefficient (Wildman–Crippen LogP) is 3.16. The van der Waals surface area contributed by atoms with Crippen LogP contribution in [-0.2, 0) is 6.42 Å². The lowest BCUT2D eigenvalue weighted by Gasteiger charge is -2.30. The Balaban J connectivity index is 1.69. The molecular formula is C21H19N3O4. The molecule has 0 aliphatic carbocycles. The van der Waals surface area contributed by atoms with Gasteiger partial charge in [0, 0.05) is 29.9 Å². The number of phenolic OH excluding ortho intramolecular Hbond substituents is 2. The molecular weight excluding hydrogens is 358 g/mol. The maximum Gasteiger partial charge on any atom is 0.262 e. The molecule has 0 saturated heterocycles. The monoisotopic (exact) mass is 377 g/mol. The fourth-order valence-corrected chi connectivity index (χ4v) is 3.42. The highest BCUT2D eigenvalue weighted by atomic mass is 16.5. The number of hydrogen-bond donors (Lipinski definition) is 2. The molecule has 4 rings (SSSR count). The number of benzene rings is 2. The number of anilines is 1. The smallest absolute Gasteiger partial charge is 0.262 e. The van der Waals surface area contributed by atoms with Crippen LogP contribution in [0.1, 0.15) is 22.3 Å². The molecule has 7 nitrogen and oxygen atoms in total. The average Bonchev–Trinajstić information content (AvgIpc) is 2.72. The zero-order valence-electron chi connectivity index (χ0n) is 15.3. The number of hydrogen-bond acceptors (Lipinski definition) is 6. The van der Waals surface area contributed by atoms with Crippen molar-refractivity contribution in [3.63, 3.8) is 0 Å². The summed E-state index contributed by atoms with van der Waals surface area (Å²) in [5.41, 5.74) is 3.67. The molecule has 0 unspecified atom stereocenters. The number of aromatic hydroxyl groups is 2. The van der Waals surface area contributed by atoms with Gasteiger partial charge in [-0.25, -0.2) is 9.97 Å². The van der Waals surface area contributed by atoms with Gasteiger partial charge < -0.3 is 19.8 Å². The van der Waals surface area contributed by atoms with E-state index in [-0.39, 0.29) is 23.0 Å². The maximum absolute atomic E-state index is 13.0. The summed E-state index contributed by atoms with van der Waals surface area (Å²) in [5.74, 6) is -0.128. The van der Waals surface area contributed by atoms with Crippen molar-refractivity contribution in [2.24, 2.45) is 0 Å². The molecule has 7 heteroatoms. The van der Waals surface area contributed by atoms with Crippen LogP contribution >= 0.6 is 0 Å². The third-order valence-corrected chi connectivity index (χ3v) is 4.80. The minimum atomic E-state index is -0.296. The fourth-order valence-electron chi connectivity index (χ4n) is 3.42. The summed E-state index contributed by atoms with van der Waals surface area (Å²) in [4.78, 5) is 23.0. The predicted molar refractivity (Wildman–Crippen MR) is 104 cm³/mol. The molecule has 142 valence electrons. The van der Waals surface area contributed by atoms with Gasteiger partial charge in [-0.15, -0.1) is 0 Å². The Morgan fingerprint density at radius 1 is 1.11 bits per heavy atom. The molecule has 2 aromatic carbocycles. The number of ether oxygens (including phenoxy) is 1. The fraction of sp³-hybridized carbons (Fsp3) is 0.190. The van der Waals surface area contributed by atoms with Gasteiger partial charge in [0.15, 0.2) is 0 Å². The lowest BCUT2D eigenvalue weighted by molar-refractivity contribution is 0.0982. The zero-order chi connectivity index (χ0) is 19.7. The minimum absolute atomic E-state index is 0.0852. The molecule has 0 spiro atoms. The Labute approximate surface area is 161 Å². The van der Waals surface area contributed by atoms with Crippen molar-refractivity contribution in [3.05, 3.63) is 59.9 Å². The van der Waals surface area contributed by atoms with E-state index in [2.05, 4.69) is 9.97 Å². The largest absolute Gasteiger partial charge is 0.508 e. The van der Waals surface area contributed by atoms with Gasteiger partial charge in [-0.05, 0) is 42.7 Å². The van der Waals surface area contributed by atoms with Crippen molar-refractivity contribution in [1.82, 2.24) is 9.97 Å². The molecule has 0 atom stereocenters. The average molecular weight is 377 g/mol. The van der Waals surface area contributed by atoms with Crippen molar-refractivity contribution in [3.8, 4) is 28.6 Å². The van der Waals surface area contributed by atoms with Crippen LogP contribution < -0.4 is 9.64 Å². The Kier molecular flexibility index (Phi) is 4.57. The zero-order valence-corrected chi connectivity index (χ0v) is 15.3. The van der Waals surface area contributed by atoms with Crippen LogP contribution in [0.4, 0.5) is 5.69 Å². The van der Waals surface area contributed by atoms with Gasteiger partial charge in [0.05, 0.1) is 18.4 Å². The van der Waals surface area contributed by atoms with E-state index in [0.29, 0.717) is 12.4 Å². The van der Waals surface area contributed by atoms with Gasteiger partial charge >= 0.3 is 0 Å². The molecule has 3 aromatic rings. The number of nitrogens with zero attached hydrogens (tertiary/aromatic N) is 3. The second-order valence-electron chi connectivity index (χ2n) is 6.55. The SMILES string of the molecule is COc1cc(-c2ccc3c(c2)CCCN3C(=O)c2ccc(O)cc2O)ncn1. The second-order valence-corrected chi connectivity index (χ2v) is 6.55. The van der Waals surface area contributed by atoms with Gasteiger partial charge in [0.1, 0.15) is 17.8 Å². The first-order valence-electron chi connectivity index (χ1n) is 8.90. The molecule has 28 heavy (non-hydrogen) atoms. The lowest BCUT2D eigenvalue weighted by Crippen LogP contribution is -2.35. The molecule has 0 bridgehead atoms. The molecule has 1 amide bonds. The Bertz CT molecular complexity index is 1050. The first-order valence-corrected chi connectivity index (χ1v) is 8.90. The molecule has 0 fully saturated rings. The van der Waals surface area contributed by atoms with Gasteiger partial charge in [-0.1, -0.05) is 6.07 Å². The van der Waals surface area contributed by atoms with E-state index in [1.165, 1.54) is 24.5 Å². The van der Waals surface area contributed by atoms with E-state index in [9.17, 15) is 15.0 Å². The van der Waals surface area contributed by atoms with Gasteiger partial charge in [-0.3, -0.25) is 4.79 Å². The summed E-state index contributed by atoms with van der Waals surface area (Å²) in [7, 11) is 1.56. The van der Waals surface area contributed by atoms with Crippen molar-refractivity contribution in [2.75, 3.05) is 18.6 Å². The summed E-state index contributed by atoms with van der Waals surface area (Å²) in [6.45, 7) is 0.562. The molecule has 1 aliphatic rings. The second kappa shape index (κ2) is 7.19. The lowest BCUT2D eigenvalue weighted by atomic mass is 9.97. The number of phenols is 2. The van der Waals surface area contributed by atoms with E-state index < -0.39 is 0 Å². The highest BCUT2D eigenvalue weighted by Gasteiger charge is 2.26. The Hall–Kier alpha value is -3.61. The summed E-state index contributed by atoms with van der Waals surface area (Å²) in [6, 6.07) is 11.6. The minimum Gasteiger partial charge on any atom is -0.508 e. The van der Waals surface area contributed by atoms with Crippen LogP contribution in [0.25, 0.3) is 11.3 Å². The molecule has 2 heterocycles. The third kappa shape index (κ3) is 3.22. The number of fused-ring (bicyclic) bond motifs is 1. The van der Waals surface area contributed by atoms with E-state index >= 15 is 0 Å².